The second kappa shape index (κ2) is 8.77. The Morgan fingerprint density at radius 1 is 1.38 bits per heavy atom. The maximum atomic E-state index is 11.0. The van der Waals surface area contributed by atoms with Gasteiger partial charge in [0, 0.05) is 25.3 Å². The fourth-order valence-corrected chi connectivity index (χ4v) is 2.31. The normalized spacial score (nSPS) is 18.0. The lowest BCUT2D eigenvalue weighted by Crippen LogP contribution is -2.19. The van der Waals surface area contributed by atoms with E-state index < -0.39 is 5.91 Å². The number of carbonyl (C=O) groups is 1. The van der Waals surface area contributed by atoms with E-state index in [1.165, 1.54) is 0 Å². The van der Waals surface area contributed by atoms with Gasteiger partial charge in [0.25, 0.3) is 0 Å². The summed E-state index contributed by atoms with van der Waals surface area (Å²) in [6.45, 7) is 4.04. The van der Waals surface area contributed by atoms with E-state index in [0.29, 0.717) is 18.3 Å². The molecule has 1 atom stereocenters. The van der Waals surface area contributed by atoms with Gasteiger partial charge < -0.3 is 20.5 Å². The van der Waals surface area contributed by atoms with Crippen molar-refractivity contribution in [2.45, 2.75) is 31.9 Å². The van der Waals surface area contributed by atoms with Crippen molar-refractivity contribution in [2.24, 2.45) is 5.73 Å². The van der Waals surface area contributed by atoms with E-state index in [9.17, 15) is 4.79 Å². The van der Waals surface area contributed by atoms with Crippen LogP contribution in [0.15, 0.2) is 24.3 Å². The number of hydrogen-bond donors (Lipinski definition) is 2. The molecule has 1 aromatic carbocycles. The summed E-state index contributed by atoms with van der Waals surface area (Å²) < 4.78 is 11.1. The minimum absolute atomic E-state index is 0.307. The van der Waals surface area contributed by atoms with Gasteiger partial charge in [0.15, 0.2) is 0 Å². The lowest BCUT2D eigenvalue weighted by molar-refractivity contribution is 0.0166. The molecule has 116 valence electrons. The van der Waals surface area contributed by atoms with E-state index in [2.05, 4.69) is 5.32 Å². The highest BCUT2D eigenvalue weighted by Crippen LogP contribution is 2.11. The Kier molecular flexibility index (Phi) is 6.66. The van der Waals surface area contributed by atoms with Crippen molar-refractivity contribution in [3.63, 3.8) is 0 Å². The molecule has 0 spiro atoms. The van der Waals surface area contributed by atoms with Crippen LogP contribution in [0.3, 0.4) is 0 Å². The third-order valence-corrected chi connectivity index (χ3v) is 3.54. The molecule has 5 nitrogen and oxygen atoms in total. The maximum Gasteiger partial charge on any atom is 0.248 e. The molecule has 0 aromatic heterocycles. The molecule has 0 aliphatic carbocycles. The van der Waals surface area contributed by atoms with E-state index in [0.717, 1.165) is 51.1 Å². The van der Waals surface area contributed by atoms with E-state index in [1.54, 1.807) is 12.1 Å². The zero-order valence-corrected chi connectivity index (χ0v) is 12.3. The summed E-state index contributed by atoms with van der Waals surface area (Å²) in [7, 11) is 0. The van der Waals surface area contributed by atoms with Crippen LogP contribution < -0.4 is 11.1 Å². The molecule has 0 radical (unpaired) electrons. The quantitative estimate of drug-likeness (QED) is 0.676. The highest BCUT2D eigenvalue weighted by atomic mass is 16.5. The molecule has 1 amide bonds. The van der Waals surface area contributed by atoms with Crippen LogP contribution in [-0.2, 0) is 16.0 Å². The highest BCUT2D eigenvalue weighted by Gasteiger charge is 2.14. The molecule has 21 heavy (non-hydrogen) atoms. The maximum absolute atomic E-state index is 11.0. The molecule has 1 unspecified atom stereocenters. The number of hydrogen-bond acceptors (Lipinski definition) is 4. The molecule has 1 fully saturated rings. The predicted octanol–water partition coefficient (Wildman–Crippen LogP) is 1.46. The van der Waals surface area contributed by atoms with Gasteiger partial charge in [-0.05, 0) is 43.5 Å². The number of nitrogens with two attached hydrogens (primary N) is 1. The number of benzene rings is 1. The van der Waals surface area contributed by atoms with Crippen LogP contribution in [0, 0.1) is 0 Å². The SMILES string of the molecule is NC(=O)c1ccc(CNCCCOCC2CCCO2)cc1. The van der Waals surface area contributed by atoms with Crippen molar-refractivity contribution in [3.8, 4) is 0 Å². The van der Waals surface area contributed by atoms with Gasteiger partial charge in [0.1, 0.15) is 0 Å². The lowest BCUT2D eigenvalue weighted by atomic mass is 10.1. The number of amides is 1. The van der Waals surface area contributed by atoms with E-state index in [-0.39, 0.29) is 0 Å². The van der Waals surface area contributed by atoms with E-state index in [4.69, 9.17) is 15.2 Å². The van der Waals surface area contributed by atoms with Crippen LogP contribution in [0.2, 0.25) is 0 Å². The molecular formula is C16H24N2O3. The first-order chi connectivity index (χ1) is 10.3. The summed E-state index contributed by atoms with van der Waals surface area (Å²) in [4.78, 5) is 11.0. The first kappa shape index (κ1) is 15.9. The molecular weight excluding hydrogens is 268 g/mol. The third-order valence-electron chi connectivity index (χ3n) is 3.54. The van der Waals surface area contributed by atoms with Crippen molar-refractivity contribution >= 4 is 5.91 Å². The largest absolute Gasteiger partial charge is 0.379 e. The Balaban J connectivity index is 1.50. The van der Waals surface area contributed by atoms with Crippen molar-refractivity contribution in [1.29, 1.82) is 0 Å². The summed E-state index contributed by atoms with van der Waals surface area (Å²) in [5, 5.41) is 3.35. The molecule has 1 heterocycles. The Labute approximate surface area is 125 Å². The molecule has 0 bridgehead atoms. The molecule has 1 aliphatic rings. The summed E-state index contributed by atoms with van der Waals surface area (Å²) >= 11 is 0. The zero-order valence-electron chi connectivity index (χ0n) is 12.3. The molecule has 2 rings (SSSR count). The van der Waals surface area contributed by atoms with Gasteiger partial charge in [-0.3, -0.25) is 4.79 Å². The summed E-state index contributed by atoms with van der Waals surface area (Å²) in [6.07, 6.45) is 3.57. The van der Waals surface area contributed by atoms with Crippen molar-refractivity contribution in [3.05, 3.63) is 35.4 Å². The van der Waals surface area contributed by atoms with Crippen LogP contribution >= 0.6 is 0 Å². The average molecular weight is 292 g/mol. The second-order valence-corrected chi connectivity index (χ2v) is 5.30. The van der Waals surface area contributed by atoms with Gasteiger partial charge in [0.05, 0.1) is 12.7 Å². The monoisotopic (exact) mass is 292 g/mol. The van der Waals surface area contributed by atoms with Crippen molar-refractivity contribution in [2.75, 3.05) is 26.4 Å². The first-order valence-electron chi connectivity index (χ1n) is 7.54. The summed E-state index contributed by atoms with van der Waals surface area (Å²) in [5.74, 6) is -0.391. The van der Waals surface area contributed by atoms with Crippen LogP contribution in [0.4, 0.5) is 0 Å². The fourth-order valence-electron chi connectivity index (χ4n) is 2.31. The predicted molar refractivity (Wildman–Crippen MR) is 81.1 cm³/mol. The first-order valence-corrected chi connectivity index (χ1v) is 7.54. The fraction of sp³-hybridized carbons (Fsp3) is 0.562. The molecule has 1 saturated heterocycles. The molecule has 1 aliphatic heterocycles. The van der Waals surface area contributed by atoms with Crippen LogP contribution in [-0.4, -0.2) is 38.4 Å². The van der Waals surface area contributed by atoms with Gasteiger partial charge in [-0.1, -0.05) is 12.1 Å². The van der Waals surface area contributed by atoms with Gasteiger partial charge in [-0.25, -0.2) is 0 Å². The highest BCUT2D eigenvalue weighted by molar-refractivity contribution is 5.92. The van der Waals surface area contributed by atoms with Gasteiger partial charge in [-0.2, -0.15) is 0 Å². The third kappa shape index (κ3) is 5.83. The molecule has 5 heteroatoms. The molecule has 3 N–H and O–H groups in total. The number of rotatable bonds is 9. The van der Waals surface area contributed by atoms with Crippen LogP contribution in [0.5, 0.6) is 0 Å². The minimum atomic E-state index is -0.391. The number of primary amides is 1. The Morgan fingerprint density at radius 3 is 2.86 bits per heavy atom. The number of carbonyl (C=O) groups excluding carboxylic acids is 1. The molecule has 1 aromatic rings. The minimum Gasteiger partial charge on any atom is -0.379 e. The Bertz CT molecular complexity index is 428. The second-order valence-electron chi connectivity index (χ2n) is 5.30. The summed E-state index contributed by atoms with van der Waals surface area (Å²) in [5.41, 5.74) is 6.88. The van der Waals surface area contributed by atoms with E-state index >= 15 is 0 Å². The van der Waals surface area contributed by atoms with E-state index in [1.807, 2.05) is 12.1 Å². The van der Waals surface area contributed by atoms with Gasteiger partial charge in [-0.15, -0.1) is 0 Å². The van der Waals surface area contributed by atoms with Gasteiger partial charge >= 0.3 is 0 Å². The van der Waals surface area contributed by atoms with Crippen molar-refractivity contribution < 1.29 is 14.3 Å². The van der Waals surface area contributed by atoms with Gasteiger partial charge in [0.2, 0.25) is 5.91 Å². The Morgan fingerprint density at radius 2 is 2.19 bits per heavy atom. The topological polar surface area (TPSA) is 73.6 Å². The Hall–Kier alpha value is -1.43. The number of nitrogens with one attached hydrogen (secondary N) is 1. The zero-order chi connectivity index (χ0) is 14.9. The standard InChI is InChI=1S/C16H24N2O3/c17-16(19)14-6-4-13(5-7-14)11-18-8-2-9-20-12-15-3-1-10-21-15/h4-7,15,18H,1-3,8-12H2,(H2,17,19). The average Bonchev–Trinajstić information content (AvgIpc) is 3.00. The van der Waals surface area contributed by atoms with Crippen LogP contribution in [0.1, 0.15) is 35.2 Å². The lowest BCUT2D eigenvalue weighted by Gasteiger charge is -2.10. The summed E-state index contributed by atoms with van der Waals surface area (Å²) in [6, 6.07) is 7.34. The smallest absolute Gasteiger partial charge is 0.248 e. The van der Waals surface area contributed by atoms with Crippen LogP contribution in [0.25, 0.3) is 0 Å². The van der Waals surface area contributed by atoms with Crippen molar-refractivity contribution in [1.82, 2.24) is 5.32 Å². The number of ether oxygens (including phenoxy) is 2. The molecule has 0 saturated carbocycles.